The number of halogens is 2. The summed E-state index contributed by atoms with van der Waals surface area (Å²) < 4.78 is 1.19. The average Bonchev–Trinajstić information content (AvgIpc) is 3.46. The third kappa shape index (κ3) is 6.35. The van der Waals surface area contributed by atoms with Crippen LogP contribution in [0.15, 0.2) is 115 Å². The number of fused-ring (bicyclic) bond motifs is 3. The van der Waals surface area contributed by atoms with Crippen LogP contribution in [-0.2, 0) is 18.9 Å². The minimum absolute atomic E-state index is 1.19. The first kappa shape index (κ1) is 21.9. The quantitative estimate of drug-likeness (QED) is 0.205. The van der Waals surface area contributed by atoms with Gasteiger partial charge >= 0.3 is 81.9 Å². The molecular weight excluding hydrogens is 474 g/mol. The summed E-state index contributed by atoms with van der Waals surface area (Å²) in [5.41, 5.74) is 1.19. The predicted molar refractivity (Wildman–Crippen MR) is 127 cm³/mol. The fourth-order valence-electron chi connectivity index (χ4n) is 3.02. The van der Waals surface area contributed by atoms with Gasteiger partial charge in [-0.2, -0.15) is 18.2 Å². The van der Waals surface area contributed by atoms with Crippen molar-refractivity contribution in [1.29, 1.82) is 0 Å². The molecular formula is C26H22Cl2Zr-2. The van der Waals surface area contributed by atoms with Crippen LogP contribution in [0.5, 0.6) is 0 Å². The Hall–Kier alpha value is -1.79. The second kappa shape index (κ2) is 11.4. The Labute approximate surface area is 187 Å². The molecule has 0 aliphatic heterocycles. The van der Waals surface area contributed by atoms with E-state index in [1.54, 1.807) is 0 Å². The second-order valence-electron chi connectivity index (χ2n) is 6.53. The molecule has 5 aromatic rings. The predicted octanol–water partition coefficient (Wildman–Crippen LogP) is 8.27. The molecule has 0 atom stereocenters. The Morgan fingerprint density at radius 1 is 0.655 bits per heavy atom. The van der Waals surface area contributed by atoms with Gasteiger partial charge in [0.2, 0.25) is 0 Å². The molecule has 0 fully saturated rings. The van der Waals surface area contributed by atoms with Gasteiger partial charge in [0.25, 0.3) is 0 Å². The normalized spacial score (nSPS) is 9.90. The van der Waals surface area contributed by atoms with Crippen molar-refractivity contribution in [2.24, 2.45) is 0 Å². The minimum atomic E-state index is -2.14. The first-order chi connectivity index (χ1) is 14.2. The monoisotopic (exact) mass is 494 g/mol. The zero-order chi connectivity index (χ0) is 20.5. The Morgan fingerprint density at radius 3 is 1.59 bits per heavy atom. The van der Waals surface area contributed by atoms with E-state index >= 15 is 0 Å². The summed E-state index contributed by atoms with van der Waals surface area (Å²) >= 11 is -2.14. The van der Waals surface area contributed by atoms with Crippen LogP contribution in [0.25, 0.3) is 21.5 Å². The Morgan fingerprint density at radius 2 is 1.14 bits per heavy atom. The summed E-state index contributed by atoms with van der Waals surface area (Å²) in [5.74, 6) is 0. The largest absolute Gasteiger partial charge is 0.214 e. The van der Waals surface area contributed by atoms with E-state index in [2.05, 4.69) is 54.6 Å². The molecule has 0 unspecified atom stereocenters. The zero-order valence-corrected chi connectivity index (χ0v) is 20.2. The Balaban J connectivity index is 0.000000136. The van der Waals surface area contributed by atoms with E-state index in [4.69, 9.17) is 17.0 Å². The van der Waals surface area contributed by atoms with Crippen molar-refractivity contribution in [3.8, 4) is 0 Å². The zero-order valence-electron chi connectivity index (χ0n) is 16.2. The molecule has 0 spiro atoms. The van der Waals surface area contributed by atoms with Crippen LogP contribution in [-0.4, -0.2) is 3.21 Å². The first-order valence-electron chi connectivity index (χ1n) is 9.44. The van der Waals surface area contributed by atoms with E-state index in [9.17, 15) is 0 Å². The molecule has 0 heterocycles. The van der Waals surface area contributed by atoms with Gasteiger partial charge in [-0.25, -0.2) is 12.1 Å². The molecule has 0 amide bonds. The van der Waals surface area contributed by atoms with Crippen molar-refractivity contribution in [2.45, 2.75) is 6.92 Å². The van der Waals surface area contributed by atoms with E-state index in [-0.39, 0.29) is 0 Å². The number of benzene rings is 3. The molecule has 0 saturated heterocycles. The van der Waals surface area contributed by atoms with Crippen molar-refractivity contribution in [3.05, 3.63) is 121 Å². The van der Waals surface area contributed by atoms with Crippen LogP contribution < -0.4 is 0 Å². The van der Waals surface area contributed by atoms with Crippen LogP contribution >= 0.6 is 17.0 Å². The average molecular weight is 497 g/mol. The van der Waals surface area contributed by atoms with Gasteiger partial charge in [-0.3, -0.25) is 0 Å². The molecule has 0 aromatic heterocycles. The van der Waals surface area contributed by atoms with Crippen LogP contribution in [0, 0.1) is 0 Å². The molecule has 0 N–H and O–H groups in total. The van der Waals surface area contributed by atoms with Crippen LogP contribution in [0.3, 0.4) is 0 Å². The summed E-state index contributed by atoms with van der Waals surface area (Å²) in [7, 11) is 11.8. The molecule has 0 aliphatic rings. The van der Waals surface area contributed by atoms with Crippen molar-refractivity contribution < 1.29 is 18.9 Å². The van der Waals surface area contributed by atoms with Gasteiger partial charge in [-0.05, 0) is 0 Å². The van der Waals surface area contributed by atoms with E-state index in [1.165, 1.54) is 30.3 Å². The number of hydrogen-bond donors (Lipinski definition) is 0. The standard InChI is InChI=1S/C13H9.C8H8.C5H5.2ClH.Zr/c1-3-7-12-10(5-1)9-11-6-2-4-8-13(11)12;1-2-8-6-4-3-5-7-8;1-2-4-5-3-1;;;/h1-9H;3-7H,1H3;1-5H;2*1H;/q-1;;-1;;;+2/p-2. The van der Waals surface area contributed by atoms with E-state index < -0.39 is 18.9 Å². The Kier molecular flexibility index (Phi) is 8.62. The van der Waals surface area contributed by atoms with Gasteiger partial charge in [0.05, 0.1) is 0 Å². The maximum atomic E-state index is 5.89. The van der Waals surface area contributed by atoms with Gasteiger partial charge in [-0.1, -0.05) is 36.4 Å². The van der Waals surface area contributed by atoms with Gasteiger partial charge < -0.3 is 0 Å². The fourth-order valence-corrected chi connectivity index (χ4v) is 5.26. The first-order valence-corrected chi connectivity index (χ1v) is 17.0. The molecule has 0 saturated carbocycles. The second-order valence-corrected chi connectivity index (χ2v) is 15.3. The third-order valence-electron chi connectivity index (χ3n) is 4.57. The van der Waals surface area contributed by atoms with Crippen LogP contribution in [0.1, 0.15) is 12.5 Å². The maximum Gasteiger partial charge on any atom is -0.0771 e. The summed E-state index contributed by atoms with van der Waals surface area (Å²) in [5, 5.41) is 5.39. The van der Waals surface area contributed by atoms with Gasteiger partial charge in [0.1, 0.15) is 0 Å². The number of rotatable bonds is 1. The smallest absolute Gasteiger partial charge is 0.0771 e. The summed E-state index contributed by atoms with van der Waals surface area (Å²) in [4.78, 5) is 0. The molecule has 3 heteroatoms. The molecule has 5 rings (SSSR count). The summed E-state index contributed by atoms with van der Waals surface area (Å²) in [6.45, 7) is 2.02. The summed E-state index contributed by atoms with van der Waals surface area (Å²) in [6.07, 6.45) is 0. The van der Waals surface area contributed by atoms with Gasteiger partial charge in [0.15, 0.2) is 0 Å². The summed E-state index contributed by atoms with van der Waals surface area (Å²) in [6, 6.07) is 39.3. The fraction of sp³-hybridized carbons (Fsp3) is 0.0385. The van der Waals surface area contributed by atoms with Crippen molar-refractivity contribution in [1.82, 2.24) is 0 Å². The van der Waals surface area contributed by atoms with Crippen LogP contribution in [0.4, 0.5) is 0 Å². The Bertz CT molecular complexity index is 1100. The van der Waals surface area contributed by atoms with E-state index in [0.717, 1.165) is 0 Å². The molecule has 29 heavy (non-hydrogen) atoms. The molecule has 0 bridgehead atoms. The third-order valence-corrected chi connectivity index (χ3v) is 10.0. The maximum absolute atomic E-state index is 5.89. The van der Waals surface area contributed by atoms with Gasteiger partial charge in [-0.15, -0.1) is 39.7 Å². The number of hydrogen-bond acceptors (Lipinski definition) is 0. The topological polar surface area (TPSA) is 0 Å². The molecule has 0 nitrogen and oxygen atoms in total. The van der Waals surface area contributed by atoms with E-state index in [0.29, 0.717) is 0 Å². The molecule has 146 valence electrons. The van der Waals surface area contributed by atoms with Crippen molar-refractivity contribution >= 4 is 41.8 Å². The molecule has 0 aliphatic carbocycles. The SMILES string of the molecule is C[C](c1ccccc1)=[Zr]([Cl])[Cl].c1cc[cH-]c1.c1ccc2c(c1)[cH-]c1ccccc12. The van der Waals surface area contributed by atoms with Gasteiger partial charge in [0, 0.05) is 0 Å². The molecule has 0 radical (unpaired) electrons. The van der Waals surface area contributed by atoms with Crippen molar-refractivity contribution in [3.63, 3.8) is 0 Å². The molecule has 5 aromatic carbocycles. The minimum Gasteiger partial charge on any atom is -0.214 e. The van der Waals surface area contributed by atoms with E-state index in [1.807, 2.05) is 67.6 Å². The van der Waals surface area contributed by atoms with Crippen molar-refractivity contribution in [2.75, 3.05) is 0 Å². The van der Waals surface area contributed by atoms with Crippen LogP contribution in [0.2, 0.25) is 0 Å².